The summed E-state index contributed by atoms with van der Waals surface area (Å²) in [5.41, 5.74) is 0. The van der Waals surface area contributed by atoms with Crippen molar-refractivity contribution in [1.29, 1.82) is 0 Å². The Balaban J connectivity index is 3.83. The minimum absolute atomic E-state index is 0.0276. The second-order valence-electron chi connectivity index (χ2n) is 31.9. The molecule has 0 aromatic carbocycles. The van der Waals surface area contributed by atoms with Crippen LogP contribution in [0.3, 0.4) is 0 Å². The van der Waals surface area contributed by atoms with E-state index in [0.29, 0.717) is 17.4 Å². The largest absolute Gasteiger partial charge is 0.756 e. The number of rotatable bonds is 85. The number of unbranched alkanes of at least 4 members (excludes halogenated alkanes) is 61. The Morgan fingerprint density at radius 1 is 0.314 bits per heavy atom. The lowest BCUT2D eigenvalue weighted by Gasteiger charge is -2.28. The fourth-order valence-electron chi connectivity index (χ4n) is 13.7. The maximum absolute atomic E-state index is 12.9. The van der Waals surface area contributed by atoms with Crippen LogP contribution in [-0.4, -0.2) is 70.0 Å². The fourth-order valence-corrected chi connectivity index (χ4v) is 14.4. The number of allylic oxidation sites excluding steroid dienone is 10. The van der Waals surface area contributed by atoms with E-state index in [1.807, 2.05) is 21.1 Å². The van der Waals surface area contributed by atoms with Crippen LogP contribution in [0.25, 0.3) is 0 Å². The van der Waals surface area contributed by atoms with Crippen molar-refractivity contribution in [3.8, 4) is 0 Å². The van der Waals surface area contributed by atoms with Crippen molar-refractivity contribution >= 4 is 19.8 Å². The molecule has 0 rings (SSSR count). The van der Waals surface area contributed by atoms with Gasteiger partial charge in [0.2, 0.25) is 0 Å². The summed E-state index contributed by atoms with van der Waals surface area (Å²) in [5.74, 6) is -0.805. The molecule has 0 radical (unpaired) electrons. The van der Waals surface area contributed by atoms with Gasteiger partial charge in [-0.3, -0.25) is 14.2 Å². The Bertz CT molecular complexity index is 1910. The van der Waals surface area contributed by atoms with E-state index in [2.05, 4.69) is 74.6 Å². The van der Waals surface area contributed by atoms with E-state index in [1.54, 1.807) is 0 Å². The van der Waals surface area contributed by atoms with Crippen molar-refractivity contribution in [1.82, 2.24) is 0 Å². The molecule has 10 heteroatoms. The molecular formula is C92H174NO8P. The van der Waals surface area contributed by atoms with Crippen LogP contribution in [0.4, 0.5) is 0 Å². The van der Waals surface area contributed by atoms with Crippen LogP contribution in [0, 0.1) is 0 Å². The van der Waals surface area contributed by atoms with Crippen molar-refractivity contribution in [2.24, 2.45) is 0 Å². The second-order valence-corrected chi connectivity index (χ2v) is 33.3. The first-order valence-electron chi connectivity index (χ1n) is 45.0. The van der Waals surface area contributed by atoms with E-state index in [-0.39, 0.29) is 32.0 Å². The highest BCUT2D eigenvalue weighted by Gasteiger charge is 2.22. The molecule has 0 heterocycles. The number of quaternary nitrogens is 1. The first-order chi connectivity index (χ1) is 50.0. The van der Waals surface area contributed by atoms with E-state index in [9.17, 15) is 19.0 Å². The molecule has 0 fully saturated rings. The minimum Gasteiger partial charge on any atom is -0.756 e. The van der Waals surface area contributed by atoms with Crippen LogP contribution in [0.5, 0.6) is 0 Å². The molecule has 2 atom stereocenters. The monoisotopic (exact) mass is 1450 g/mol. The number of hydrogen-bond donors (Lipinski definition) is 0. The molecule has 0 aromatic rings. The summed E-state index contributed by atoms with van der Waals surface area (Å²) in [6.07, 6.45) is 113. The van der Waals surface area contributed by atoms with Crippen molar-refractivity contribution in [3.63, 3.8) is 0 Å². The van der Waals surface area contributed by atoms with Crippen LogP contribution >= 0.6 is 7.82 Å². The fraction of sp³-hybridized carbons (Fsp3) is 0.870. The smallest absolute Gasteiger partial charge is 0.306 e. The molecule has 0 aliphatic rings. The summed E-state index contributed by atoms with van der Waals surface area (Å²) in [5, 5.41) is 0. The third-order valence-corrected chi connectivity index (χ3v) is 21.5. The highest BCUT2D eigenvalue weighted by atomic mass is 31.2. The maximum Gasteiger partial charge on any atom is 0.306 e. The minimum atomic E-state index is -4.65. The SMILES string of the molecule is CC/C=C\C/C=C\C/C=C\C/C=C\CCCCCCCCCCCCCCCCCCCCCCCCCCC(=O)OC(COC(=O)CCCCCCCCCCCCCCCCCCCCCCCCCCCCCCC/C=C\CCCCCCCCCC)COP(=O)([O-])OCC[N+](C)(C)C. The number of hydrogen-bond acceptors (Lipinski definition) is 8. The van der Waals surface area contributed by atoms with Gasteiger partial charge in [-0.2, -0.15) is 0 Å². The average Bonchev–Trinajstić information content (AvgIpc) is 0.913. The van der Waals surface area contributed by atoms with Crippen LogP contribution < -0.4 is 4.89 Å². The molecule has 102 heavy (non-hydrogen) atoms. The van der Waals surface area contributed by atoms with Crippen molar-refractivity contribution in [2.75, 3.05) is 47.5 Å². The van der Waals surface area contributed by atoms with E-state index >= 15 is 0 Å². The summed E-state index contributed by atoms with van der Waals surface area (Å²) in [4.78, 5) is 38.3. The van der Waals surface area contributed by atoms with Gasteiger partial charge in [0, 0.05) is 12.8 Å². The summed E-state index contributed by atoms with van der Waals surface area (Å²) >= 11 is 0. The van der Waals surface area contributed by atoms with Gasteiger partial charge in [0.1, 0.15) is 19.8 Å². The number of phosphoric acid groups is 1. The topological polar surface area (TPSA) is 111 Å². The van der Waals surface area contributed by atoms with E-state index in [4.69, 9.17) is 18.5 Å². The highest BCUT2D eigenvalue weighted by molar-refractivity contribution is 7.45. The van der Waals surface area contributed by atoms with Gasteiger partial charge in [0.25, 0.3) is 7.82 Å². The van der Waals surface area contributed by atoms with Gasteiger partial charge in [-0.15, -0.1) is 0 Å². The van der Waals surface area contributed by atoms with Crippen molar-refractivity contribution in [2.45, 2.75) is 469 Å². The molecule has 0 bridgehead atoms. The lowest BCUT2D eigenvalue weighted by Crippen LogP contribution is -2.37. The third kappa shape index (κ3) is 86.6. The van der Waals surface area contributed by atoms with Gasteiger partial charge < -0.3 is 27.9 Å². The normalized spacial score (nSPS) is 13.2. The average molecular weight is 1450 g/mol. The number of esters is 2. The third-order valence-electron chi connectivity index (χ3n) is 20.5. The van der Waals surface area contributed by atoms with Crippen molar-refractivity contribution in [3.05, 3.63) is 60.8 Å². The lowest BCUT2D eigenvalue weighted by molar-refractivity contribution is -0.870. The number of carbonyl (C=O) groups is 2. The predicted molar refractivity (Wildman–Crippen MR) is 443 cm³/mol. The molecule has 0 amide bonds. The van der Waals surface area contributed by atoms with Crippen molar-refractivity contribution < 1.29 is 42.1 Å². The molecule has 0 aliphatic carbocycles. The highest BCUT2D eigenvalue weighted by Crippen LogP contribution is 2.38. The van der Waals surface area contributed by atoms with Gasteiger partial charge >= 0.3 is 11.9 Å². The quantitative estimate of drug-likeness (QED) is 0.0195. The van der Waals surface area contributed by atoms with Gasteiger partial charge in [-0.05, 0) is 77.0 Å². The summed E-state index contributed by atoms with van der Waals surface area (Å²) < 4.78 is 34.5. The Hall–Kier alpha value is -2.29. The summed E-state index contributed by atoms with van der Waals surface area (Å²) in [6, 6.07) is 0. The second kappa shape index (κ2) is 82.8. The molecular weight excluding hydrogens is 1280 g/mol. The molecule has 0 aliphatic heterocycles. The van der Waals surface area contributed by atoms with E-state index < -0.39 is 26.5 Å². The molecule has 9 nitrogen and oxygen atoms in total. The predicted octanol–water partition coefficient (Wildman–Crippen LogP) is 29.8. The van der Waals surface area contributed by atoms with Gasteiger partial charge in [-0.25, -0.2) is 0 Å². The van der Waals surface area contributed by atoms with E-state index in [0.717, 1.165) is 57.8 Å². The first kappa shape index (κ1) is 99.7. The standard InChI is InChI=1S/C92H174NO8P/c1-6-8-10-12-14-16-18-20-22-24-26-28-30-32-34-36-38-40-42-44-45-46-47-49-50-52-54-56-58-60-62-64-66-68-70-72-74-76-78-80-82-84-91(94)98-88-90(89-100-102(96,97)99-87-86-93(3,4)5)101-92(95)85-83-81-79-77-75-73-71-69-67-65-63-61-59-57-55-53-51-48-43-41-39-37-35-33-31-29-27-25-23-21-19-17-15-13-11-9-7-2/h9,11,15,17,21,23-24,26-27,29,90H,6-8,10,12-14,16,18-20,22,25,28,30-89H2,1-5H3/b11-9-,17-15-,23-21-,26-24-,29-27-. The number of likely N-dealkylation sites (N-methyl/N-ethyl adjacent to an activating group) is 1. The first-order valence-corrected chi connectivity index (χ1v) is 46.5. The molecule has 600 valence electrons. The Labute approximate surface area is 636 Å². The van der Waals surface area contributed by atoms with Crippen LogP contribution in [0.15, 0.2) is 60.8 Å². The molecule has 2 unspecified atom stereocenters. The Morgan fingerprint density at radius 2 is 0.559 bits per heavy atom. The summed E-state index contributed by atoms with van der Waals surface area (Å²) in [7, 11) is 1.19. The summed E-state index contributed by atoms with van der Waals surface area (Å²) in [6.45, 7) is 4.21. The van der Waals surface area contributed by atoms with E-state index in [1.165, 1.54) is 372 Å². The zero-order valence-electron chi connectivity index (χ0n) is 68.8. The number of ether oxygens (including phenoxy) is 2. The number of carbonyl (C=O) groups excluding carboxylic acids is 2. The molecule has 0 saturated carbocycles. The molecule has 0 spiro atoms. The Kier molecular flexibility index (Phi) is 80.9. The zero-order chi connectivity index (χ0) is 74.0. The molecule has 0 aromatic heterocycles. The molecule has 0 saturated heterocycles. The van der Waals surface area contributed by atoms with Gasteiger partial charge in [0.05, 0.1) is 27.7 Å². The number of phosphoric ester groups is 1. The Morgan fingerprint density at radius 3 is 0.843 bits per heavy atom. The molecule has 0 N–H and O–H groups in total. The number of nitrogens with zero attached hydrogens (tertiary/aromatic N) is 1. The van der Waals surface area contributed by atoms with Gasteiger partial charge in [0.15, 0.2) is 6.10 Å². The maximum atomic E-state index is 12.9. The van der Waals surface area contributed by atoms with Crippen LogP contribution in [0.2, 0.25) is 0 Å². The van der Waals surface area contributed by atoms with Crippen LogP contribution in [-0.2, 0) is 32.7 Å². The zero-order valence-corrected chi connectivity index (χ0v) is 69.7. The van der Waals surface area contributed by atoms with Crippen LogP contribution in [0.1, 0.15) is 463 Å². The lowest BCUT2D eigenvalue weighted by atomic mass is 10.0. The van der Waals surface area contributed by atoms with Gasteiger partial charge in [-0.1, -0.05) is 434 Å².